The molecule has 0 aliphatic carbocycles. The summed E-state index contributed by atoms with van der Waals surface area (Å²) >= 11 is 12.1. The number of hydrogen-bond donors (Lipinski definition) is 1. The minimum absolute atomic E-state index is 0.239. The third-order valence-corrected chi connectivity index (χ3v) is 3.69. The highest BCUT2D eigenvalue weighted by atomic mass is 35.5. The lowest BCUT2D eigenvalue weighted by Gasteiger charge is -2.15. The van der Waals surface area contributed by atoms with Crippen LogP contribution in [0.1, 0.15) is 24.1 Å². The van der Waals surface area contributed by atoms with Crippen molar-refractivity contribution in [3.63, 3.8) is 0 Å². The van der Waals surface area contributed by atoms with Crippen molar-refractivity contribution in [2.45, 2.75) is 19.5 Å². The van der Waals surface area contributed by atoms with E-state index in [2.05, 4.69) is 17.2 Å². The molecule has 94 valence electrons. The van der Waals surface area contributed by atoms with Crippen molar-refractivity contribution in [3.8, 4) is 0 Å². The van der Waals surface area contributed by atoms with Crippen LogP contribution >= 0.6 is 23.2 Å². The van der Waals surface area contributed by atoms with Gasteiger partial charge in [0, 0.05) is 25.0 Å². The van der Waals surface area contributed by atoms with Gasteiger partial charge in [0.2, 0.25) is 0 Å². The van der Waals surface area contributed by atoms with Crippen LogP contribution in [-0.4, -0.2) is 4.98 Å². The van der Waals surface area contributed by atoms with E-state index in [1.165, 1.54) is 5.56 Å². The van der Waals surface area contributed by atoms with E-state index in [0.29, 0.717) is 16.6 Å². The first-order chi connectivity index (χ1) is 8.68. The molecule has 0 saturated heterocycles. The lowest BCUT2D eigenvalue weighted by molar-refractivity contribution is 0.574. The summed E-state index contributed by atoms with van der Waals surface area (Å²) in [4.78, 5) is 4.01. The zero-order valence-corrected chi connectivity index (χ0v) is 11.5. The van der Waals surface area contributed by atoms with Crippen LogP contribution in [0.5, 0.6) is 0 Å². The van der Waals surface area contributed by atoms with E-state index in [4.69, 9.17) is 23.2 Å². The summed E-state index contributed by atoms with van der Waals surface area (Å²) in [5, 5.41) is 4.62. The summed E-state index contributed by atoms with van der Waals surface area (Å²) in [5.74, 6) is 0. The minimum atomic E-state index is 0.239. The molecule has 1 aromatic heterocycles. The lowest BCUT2D eigenvalue weighted by Crippen LogP contribution is -2.18. The van der Waals surface area contributed by atoms with E-state index in [0.717, 1.165) is 5.56 Å². The molecule has 0 radical (unpaired) electrons. The van der Waals surface area contributed by atoms with Gasteiger partial charge in [0.15, 0.2) is 0 Å². The van der Waals surface area contributed by atoms with E-state index in [1.54, 1.807) is 18.5 Å². The molecular weight excluding hydrogens is 267 g/mol. The van der Waals surface area contributed by atoms with Crippen LogP contribution in [0.3, 0.4) is 0 Å². The van der Waals surface area contributed by atoms with Gasteiger partial charge in [0.05, 0.1) is 10.0 Å². The Morgan fingerprint density at radius 3 is 2.61 bits per heavy atom. The van der Waals surface area contributed by atoms with Crippen molar-refractivity contribution in [2.75, 3.05) is 0 Å². The highest BCUT2D eigenvalue weighted by molar-refractivity contribution is 6.42. The van der Waals surface area contributed by atoms with E-state index < -0.39 is 0 Å². The molecule has 0 aliphatic heterocycles. The Labute approximate surface area is 117 Å². The van der Waals surface area contributed by atoms with Gasteiger partial charge in [-0.3, -0.25) is 4.98 Å². The van der Waals surface area contributed by atoms with Crippen molar-refractivity contribution in [1.82, 2.24) is 10.3 Å². The Kier molecular flexibility index (Phi) is 4.59. The van der Waals surface area contributed by atoms with Crippen LogP contribution in [0, 0.1) is 0 Å². The second-order valence-electron chi connectivity index (χ2n) is 4.10. The minimum Gasteiger partial charge on any atom is -0.306 e. The summed E-state index contributed by atoms with van der Waals surface area (Å²) in [5.41, 5.74) is 2.20. The predicted octanol–water partition coefficient (Wildman–Crippen LogP) is 4.24. The fourth-order valence-electron chi connectivity index (χ4n) is 1.72. The standard InChI is InChI=1S/C14H14Cl2N2/c1-10(11-5-7-17-8-6-11)18-9-12-3-2-4-13(15)14(12)16/h2-8,10,18H,9H2,1H3/t10-/m1/s1. The smallest absolute Gasteiger partial charge is 0.0637 e. The van der Waals surface area contributed by atoms with Crippen molar-refractivity contribution in [1.29, 1.82) is 0 Å². The summed E-state index contributed by atoms with van der Waals surface area (Å²) in [6.07, 6.45) is 3.58. The van der Waals surface area contributed by atoms with Gasteiger partial charge < -0.3 is 5.32 Å². The average molecular weight is 281 g/mol. The van der Waals surface area contributed by atoms with Gasteiger partial charge in [-0.1, -0.05) is 35.3 Å². The molecule has 0 bridgehead atoms. The normalized spacial score (nSPS) is 12.4. The van der Waals surface area contributed by atoms with Crippen LogP contribution in [0.25, 0.3) is 0 Å². The van der Waals surface area contributed by atoms with E-state index in [-0.39, 0.29) is 6.04 Å². The maximum absolute atomic E-state index is 6.14. The molecule has 2 rings (SSSR count). The van der Waals surface area contributed by atoms with Crippen molar-refractivity contribution < 1.29 is 0 Å². The number of nitrogens with one attached hydrogen (secondary N) is 1. The molecule has 0 spiro atoms. The average Bonchev–Trinajstić information content (AvgIpc) is 2.41. The molecule has 1 atom stereocenters. The molecule has 2 nitrogen and oxygen atoms in total. The molecule has 1 heterocycles. The molecule has 1 aromatic carbocycles. The quantitative estimate of drug-likeness (QED) is 0.906. The molecule has 1 N–H and O–H groups in total. The Hall–Kier alpha value is -1.09. The molecular formula is C14H14Cl2N2. The molecule has 0 amide bonds. The SMILES string of the molecule is C[C@@H](NCc1cccc(Cl)c1Cl)c1ccncc1. The van der Waals surface area contributed by atoms with Gasteiger partial charge in [0.25, 0.3) is 0 Å². The third kappa shape index (κ3) is 3.22. The molecule has 0 fully saturated rings. The predicted molar refractivity (Wildman–Crippen MR) is 76.0 cm³/mol. The molecule has 4 heteroatoms. The Morgan fingerprint density at radius 2 is 1.89 bits per heavy atom. The molecule has 0 unspecified atom stereocenters. The Balaban J connectivity index is 2.02. The van der Waals surface area contributed by atoms with Gasteiger partial charge >= 0.3 is 0 Å². The van der Waals surface area contributed by atoms with E-state index in [1.807, 2.05) is 24.3 Å². The molecule has 2 aromatic rings. The Bertz CT molecular complexity index is 514. The highest BCUT2D eigenvalue weighted by Crippen LogP contribution is 2.25. The van der Waals surface area contributed by atoms with E-state index >= 15 is 0 Å². The number of hydrogen-bond acceptors (Lipinski definition) is 2. The first kappa shape index (κ1) is 13.3. The van der Waals surface area contributed by atoms with E-state index in [9.17, 15) is 0 Å². The van der Waals surface area contributed by atoms with Crippen LogP contribution < -0.4 is 5.32 Å². The Morgan fingerprint density at radius 1 is 1.17 bits per heavy atom. The van der Waals surface area contributed by atoms with Gasteiger partial charge in [-0.05, 0) is 36.2 Å². The van der Waals surface area contributed by atoms with Gasteiger partial charge in [-0.15, -0.1) is 0 Å². The number of pyridine rings is 1. The van der Waals surface area contributed by atoms with Crippen molar-refractivity contribution >= 4 is 23.2 Å². The largest absolute Gasteiger partial charge is 0.306 e. The second kappa shape index (κ2) is 6.19. The maximum Gasteiger partial charge on any atom is 0.0637 e. The number of rotatable bonds is 4. The summed E-state index contributed by atoms with van der Waals surface area (Å²) < 4.78 is 0. The van der Waals surface area contributed by atoms with Crippen LogP contribution in [0.4, 0.5) is 0 Å². The fraction of sp³-hybridized carbons (Fsp3) is 0.214. The van der Waals surface area contributed by atoms with Gasteiger partial charge in [-0.2, -0.15) is 0 Å². The molecule has 0 aliphatic rings. The van der Waals surface area contributed by atoms with Crippen molar-refractivity contribution in [3.05, 3.63) is 63.9 Å². The monoisotopic (exact) mass is 280 g/mol. The highest BCUT2D eigenvalue weighted by Gasteiger charge is 2.07. The fourth-order valence-corrected chi connectivity index (χ4v) is 2.10. The lowest BCUT2D eigenvalue weighted by atomic mass is 10.1. The van der Waals surface area contributed by atoms with Crippen LogP contribution in [-0.2, 0) is 6.54 Å². The van der Waals surface area contributed by atoms with Crippen LogP contribution in [0.15, 0.2) is 42.7 Å². The zero-order chi connectivity index (χ0) is 13.0. The number of halogens is 2. The topological polar surface area (TPSA) is 24.9 Å². The molecule has 18 heavy (non-hydrogen) atoms. The first-order valence-corrected chi connectivity index (χ1v) is 6.50. The third-order valence-electron chi connectivity index (χ3n) is 2.84. The van der Waals surface area contributed by atoms with Crippen molar-refractivity contribution in [2.24, 2.45) is 0 Å². The summed E-state index contributed by atoms with van der Waals surface area (Å²) in [7, 11) is 0. The second-order valence-corrected chi connectivity index (χ2v) is 4.88. The summed E-state index contributed by atoms with van der Waals surface area (Å²) in [6, 6.07) is 9.90. The van der Waals surface area contributed by atoms with Gasteiger partial charge in [-0.25, -0.2) is 0 Å². The molecule has 0 saturated carbocycles. The first-order valence-electron chi connectivity index (χ1n) is 5.74. The van der Waals surface area contributed by atoms with Gasteiger partial charge in [0.1, 0.15) is 0 Å². The number of nitrogens with zero attached hydrogens (tertiary/aromatic N) is 1. The summed E-state index contributed by atoms with van der Waals surface area (Å²) in [6.45, 7) is 2.79. The number of benzene rings is 1. The number of aromatic nitrogens is 1. The zero-order valence-electron chi connectivity index (χ0n) is 10.0. The maximum atomic E-state index is 6.14. The van der Waals surface area contributed by atoms with Crippen LogP contribution in [0.2, 0.25) is 10.0 Å².